The Morgan fingerprint density at radius 2 is 1.68 bits per heavy atom. The van der Waals surface area contributed by atoms with Gasteiger partial charge in [0.2, 0.25) is 6.41 Å². The lowest BCUT2D eigenvalue weighted by molar-refractivity contribution is -0.137. The number of halogens is 3. The molecule has 2 aromatic rings. The molecule has 0 spiro atoms. The summed E-state index contributed by atoms with van der Waals surface area (Å²) in [4.78, 5) is 20.3. The van der Waals surface area contributed by atoms with Crippen LogP contribution in [-0.4, -0.2) is 39.4 Å². The minimum atomic E-state index is -4.22. The summed E-state index contributed by atoms with van der Waals surface area (Å²) in [6.07, 6.45) is 0.0202. The van der Waals surface area contributed by atoms with Crippen molar-refractivity contribution in [3.8, 4) is 5.75 Å². The Bertz CT molecular complexity index is 836. The smallest absolute Gasteiger partial charge is 0.416 e. The Balaban J connectivity index is 0.000000482. The Hall–Kier alpha value is -3.13. The molecule has 0 heterocycles. The largest absolute Gasteiger partial charge is 0.497 e. The van der Waals surface area contributed by atoms with E-state index in [-0.39, 0.29) is 6.04 Å². The number of aryl methyl sites for hydroxylation is 1. The monoisotopic (exact) mass is 480 g/mol. The SMILES string of the molecule is C=C(C)CC[C@@H](CNC)NC=O.CCc1ccc(C(F)(F)F)cc1.COc1ccc(C=O)cc1. The zero-order valence-electron chi connectivity index (χ0n) is 20.2. The number of alkyl halides is 3. The highest BCUT2D eigenvalue weighted by Gasteiger charge is 2.29. The zero-order valence-corrected chi connectivity index (χ0v) is 20.2. The van der Waals surface area contributed by atoms with Crippen LogP contribution in [0.3, 0.4) is 0 Å². The van der Waals surface area contributed by atoms with E-state index >= 15 is 0 Å². The topological polar surface area (TPSA) is 67.4 Å². The van der Waals surface area contributed by atoms with E-state index in [2.05, 4.69) is 17.2 Å². The van der Waals surface area contributed by atoms with Gasteiger partial charge in [-0.1, -0.05) is 24.6 Å². The molecule has 188 valence electrons. The average Bonchev–Trinajstić information content (AvgIpc) is 2.83. The van der Waals surface area contributed by atoms with Crippen molar-refractivity contribution in [1.29, 1.82) is 0 Å². The average molecular weight is 481 g/mol. The molecule has 1 amide bonds. The number of methoxy groups -OCH3 is 1. The molecular weight excluding hydrogens is 445 g/mol. The molecule has 2 aromatic carbocycles. The van der Waals surface area contributed by atoms with E-state index in [0.717, 1.165) is 67.5 Å². The molecule has 2 rings (SSSR count). The third-order valence-electron chi connectivity index (χ3n) is 4.62. The third-order valence-corrected chi connectivity index (χ3v) is 4.62. The first-order valence-electron chi connectivity index (χ1n) is 10.8. The van der Waals surface area contributed by atoms with Gasteiger partial charge in [0, 0.05) is 18.2 Å². The van der Waals surface area contributed by atoms with Crippen molar-refractivity contribution in [2.24, 2.45) is 0 Å². The van der Waals surface area contributed by atoms with Crippen LogP contribution in [0.5, 0.6) is 5.75 Å². The predicted molar refractivity (Wildman–Crippen MR) is 130 cm³/mol. The predicted octanol–water partition coefficient (Wildman–Crippen LogP) is 5.45. The van der Waals surface area contributed by atoms with Gasteiger partial charge in [-0.25, -0.2) is 0 Å². The summed E-state index contributed by atoms with van der Waals surface area (Å²) in [6.45, 7) is 8.53. The van der Waals surface area contributed by atoms with Crippen molar-refractivity contribution in [3.63, 3.8) is 0 Å². The number of carbonyl (C=O) groups excluding carboxylic acids is 2. The molecule has 0 aliphatic carbocycles. The maximum atomic E-state index is 12.0. The summed E-state index contributed by atoms with van der Waals surface area (Å²) in [7, 11) is 3.47. The van der Waals surface area contributed by atoms with Crippen LogP contribution in [0.4, 0.5) is 13.2 Å². The van der Waals surface area contributed by atoms with Crippen LogP contribution in [0.2, 0.25) is 0 Å². The number of nitrogens with one attached hydrogen (secondary N) is 2. The molecular formula is C26H35F3N2O3. The molecule has 34 heavy (non-hydrogen) atoms. The van der Waals surface area contributed by atoms with Gasteiger partial charge in [-0.15, -0.1) is 6.58 Å². The van der Waals surface area contributed by atoms with Crippen molar-refractivity contribution >= 4 is 12.7 Å². The summed E-state index contributed by atoms with van der Waals surface area (Å²) in [5, 5.41) is 5.78. The molecule has 0 saturated carbocycles. The van der Waals surface area contributed by atoms with Crippen LogP contribution < -0.4 is 15.4 Å². The van der Waals surface area contributed by atoms with Crippen molar-refractivity contribution in [3.05, 3.63) is 77.4 Å². The number of allylic oxidation sites excluding steroid dienone is 1. The normalized spacial score (nSPS) is 11.0. The van der Waals surface area contributed by atoms with E-state index < -0.39 is 11.7 Å². The third kappa shape index (κ3) is 14.1. The van der Waals surface area contributed by atoms with Gasteiger partial charge in [0.15, 0.2) is 0 Å². The molecule has 0 fully saturated rings. The van der Waals surface area contributed by atoms with Gasteiger partial charge in [-0.3, -0.25) is 9.59 Å². The van der Waals surface area contributed by atoms with Gasteiger partial charge < -0.3 is 15.4 Å². The van der Waals surface area contributed by atoms with Crippen LogP contribution in [0.15, 0.2) is 60.7 Å². The Labute approximate surface area is 200 Å². The fraction of sp³-hybridized carbons (Fsp3) is 0.385. The minimum Gasteiger partial charge on any atom is -0.497 e. The molecule has 2 N–H and O–H groups in total. The van der Waals surface area contributed by atoms with E-state index in [1.54, 1.807) is 31.4 Å². The number of amides is 1. The van der Waals surface area contributed by atoms with Gasteiger partial charge in [0.1, 0.15) is 12.0 Å². The highest BCUT2D eigenvalue weighted by atomic mass is 19.4. The number of hydrogen-bond donors (Lipinski definition) is 2. The molecule has 0 bridgehead atoms. The molecule has 1 atom stereocenters. The number of hydrogen-bond acceptors (Lipinski definition) is 4. The lowest BCUT2D eigenvalue weighted by Gasteiger charge is -2.14. The number of aldehydes is 1. The Kier molecular flexibility index (Phi) is 15.8. The highest BCUT2D eigenvalue weighted by molar-refractivity contribution is 5.74. The number of benzene rings is 2. The summed E-state index contributed by atoms with van der Waals surface area (Å²) >= 11 is 0. The van der Waals surface area contributed by atoms with Gasteiger partial charge in [0.05, 0.1) is 12.7 Å². The Morgan fingerprint density at radius 1 is 1.09 bits per heavy atom. The van der Waals surface area contributed by atoms with E-state index in [1.807, 2.05) is 20.9 Å². The molecule has 0 aromatic heterocycles. The quantitative estimate of drug-likeness (QED) is 0.350. The summed E-state index contributed by atoms with van der Waals surface area (Å²) in [6, 6.07) is 12.4. The van der Waals surface area contributed by atoms with Gasteiger partial charge in [-0.05, 0) is 75.2 Å². The Morgan fingerprint density at radius 3 is 2.06 bits per heavy atom. The van der Waals surface area contributed by atoms with Crippen LogP contribution >= 0.6 is 0 Å². The van der Waals surface area contributed by atoms with Gasteiger partial charge in [0.25, 0.3) is 0 Å². The van der Waals surface area contributed by atoms with Crippen molar-refractivity contribution < 1.29 is 27.5 Å². The van der Waals surface area contributed by atoms with Crippen LogP contribution in [0, 0.1) is 0 Å². The van der Waals surface area contributed by atoms with Crippen LogP contribution in [0.25, 0.3) is 0 Å². The van der Waals surface area contributed by atoms with E-state index in [1.165, 1.54) is 12.1 Å². The fourth-order valence-electron chi connectivity index (χ4n) is 2.62. The second-order valence-corrected chi connectivity index (χ2v) is 7.47. The summed E-state index contributed by atoms with van der Waals surface area (Å²) in [5.74, 6) is 0.769. The molecule has 0 aliphatic rings. The number of ether oxygens (including phenoxy) is 1. The number of carbonyl (C=O) groups is 2. The zero-order chi connectivity index (χ0) is 26.0. The maximum Gasteiger partial charge on any atom is 0.416 e. The fourth-order valence-corrected chi connectivity index (χ4v) is 2.62. The van der Waals surface area contributed by atoms with E-state index in [0.29, 0.717) is 5.56 Å². The number of likely N-dealkylation sites (N-methyl/N-ethyl adjacent to an activating group) is 1. The standard InChI is InChI=1S/C9H9F3.C9H18N2O.C8H8O2/c1-2-7-3-5-8(6-4-7)9(10,11)12;1-8(2)4-5-9(6-10-3)11-7-12;1-10-8-4-2-7(6-9)3-5-8/h3-6H,2H2,1H3;7,9-10H,1,4-6H2,2-3H3,(H,11,12);2-6H,1H3/t;9-;/m.0./s1. The first-order chi connectivity index (χ1) is 16.1. The molecule has 0 saturated heterocycles. The lowest BCUT2D eigenvalue weighted by atomic mass is 10.1. The number of rotatable bonds is 10. The summed E-state index contributed by atoms with van der Waals surface area (Å²) < 4.78 is 41.0. The van der Waals surface area contributed by atoms with Crippen molar-refractivity contribution in [2.75, 3.05) is 20.7 Å². The van der Waals surface area contributed by atoms with Crippen molar-refractivity contribution in [2.45, 2.75) is 45.3 Å². The second kappa shape index (κ2) is 17.4. The first kappa shape index (κ1) is 30.9. The van der Waals surface area contributed by atoms with E-state index in [4.69, 9.17) is 4.74 Å². The summed E-state index contributed by atoms with van der Waals surface area (Å²) in [5.41, 5.74) is 2.16. The van der Waals surface area contributed by atoms with Crippen molar-refractivity contribution in [1.82, 2.24) is 10.6 Å². The molecule has 0 unspecified atom stereocenters. The maximum absolute atomic E-state index is 12.0. The van der Waals surface area contributed by atoms with Crippen LogP contribution in [-0.2, 0) is 17.4 Å². The van der Waals surface area contributed by atoms with E-state index in [9.17, 15) is 22.8 Å². The highest BCUT2D eigenvalue weighted by Crippen LogP contribution is 2.29. The van der Waals surface area contributed by atoms with Crippen LogP contribution in [0.1, 0.15) is 48.2 Å². The lowest BCUT2D eigenvalue weighted by Crippen LogP contribution is -2.36. The minimum absolute atomic E-state index is 0.226. The van der Waals surface area contributed by atoms with Gasteiger partial charge in [-0.2, -0.15) is 13.2 Å². The molecule has 0 radical (unpaired) electrons. The molecule has 8 heteroatoms. The molecule has 5 nitrogen and oxygen atoms in total. The second-order valence-electron chi connectivity index (χ2n) is 7.47. The first-order valence-corrected chi connectivity index (χ1v) is 10.8. The molecule has 0 aliphatic heterocycles. The van der Waals surface area contributed by atoms with Gasteiger partial charge >= 0.3 is 6.18 Å².